The lowest BCUT2D eigenvalue weighted by Crippen LogP contribution is -2.41. The highest BCUT2D eigenvalue weighted by atomic mass is 16.1. The number of aryl methyl sites for hydroxylation is 1. The fraction of sp³-hybridized carbons (Fsp3) is 0.375. The van der Waals surface area contributed by atoms with E-state index >= 15 is 0 Å². The van der Waals surface area contributed by atoms with Crippen LogP contribution in [0.15, 0.2) is 30.0 Å². The molecule has 0 bridgehead atoms. The molecule has 0 spiro atoms. The summed E-state index contributed by atoms with van der Waals surface area (Å²) in [6.45, 7) is 7.30. The van der Waals surface area contributed by atoms with E-state index in [0.717, 1.165) is 43.0 Å². The van der Waals surface area contributed by atoms with Crippen LogP contribution in [0, 0.1) is 25.2 Å². The average Bonchev–Trinajstić information content (AvgIpc) is 2.50. The van der Waals surface area contributed by atoms with Gasteiger partial charge in [0.15, 0.2) is 0 Å². The predicted octanol–water partition coefficient (Wildman–Crippen LogP) is 1.55. The Morgan fingerprint density at radius 2 is 2.10 bits per heavy atom. The van der Waals surface area contributed by atoms with Gasteiger partial charge in [-0.2, -0.15) is 5.26 Å². The van der Waals surface area contributed by atoms with Crippen LogP contribution in [-0.4, -0.2) is 37.0 Å². The molecule has 0 aromatic heterocycles. The first-order valence-corrected chi connectivity index (χ1v) is 7.06. The highest BCUT2D eigenvalue weighted by Crippen LogP contribution is 2.18. The Labute approximate surface area is 125 Å². The number of benzene rings is 1. The Bertz CT molecular complexity index is 595. The smallest absolute Gasteiger partial charge is 0.267 e. The molecular weight excluding hydrogens is 264 g/mol. The Kier molecular flexibility index (Phi) is 4.96. The molecule has 1 aromatic rings. The van der Waals surface area contributed by atoms with Crippen molar-refractivity contribution in [3.8, 4) is 6.07 Å². The summed E-state index contributed by atoms with van der Waals surface area (Å²) >= 11 is 0. The molecule has 5 nitrogen and oxygen atoms in total. The van der Waals surface area contributed by atoms with Gasteiger partial charge in [0.05, 0.1) is 0 Å². The molecule has 0 atom stereocenters. The Morgan fingerprint density at radius 3 is 2.76 bits per heavy atom. The van der Waals surface area contributed by atoms with E-state index in [1.807, 2.05) is 43.0 Å². The van der Waals surface area contributed by atoms with Crippen molar-refractivity contribution < 1.29 is 4.79 Å². The van der Waals surface area contributed by atoms with Gasteiger partial charge in [-0.15, -0.1) is 0 Å². The van der Waals surface area contributed by atoms with E-state index in [2.05, 4.69) is 10.6 Å². The first-order valence-electron chi connectivity index (χ1n) is 7.06. The third kappa shape index (κ3) is 3.83. The Hall–Kier alpha value is -2.32. The molecule has 1 fully saturated rings. The number of rotatable bonds is 3. The van der Waals surface area contributed by atoms with Crippen LogP contribution in [0.25, 0.3) is 0 Å². The molecule has 1 saturated heterocycles. The summed E-state index contributed by atoms with van der Waals surface area (Å²) in [5.74, 6) is -0.357. The fourth-order valence-electron chi connectivity index (χ4n) is 2.21. The molecule has 1 heterocycles. The Morgan fingerprint density at radius 1 is 1.38 bits per heavy atom. The van der Waals surface area contributed by atoms with Crippen LogP contribution < -0.4 is 10.6 Å². The topological polar surface area (TPSA) is 68.2 Å². The van der Waals surface area contributed by atoms with E-state index < -0.39 is 0 Å². The molecule has 1 amide bonds. The molecule has 1 aromatic carbocycles. The number of carbonyl (C=O) groups is 1. The molecule has 1 aliphatic rings. The van der Waals surface area contributed by atoms with Gasteiger partial charge in [-0.3, -0.25) is 4.79 Å². The highest BCUT2D eigenvalue weighted by molar-refractivity contribution is 6.06. The summed E-state index contributed by atoms with van der Waals surface area (Å²) in [6, 6.07) is 7.72. The van der Waals surface area contributed by atoms with Gasteiger partial charge in [-0.05, 0) is 31.0 Å². The highest BCUT2D eigenvalue weighted by Gasteiger charge is 2.14. The molecule has 1 aliphatic heterocycles. The second kappa shape index (κ2) is 6.91. The average molecular weight is 284 g/mol. The number of hydrogen-bond acceptors (Lipinski definition) is 4. The zero-order valence-electron chi connectivity index (χ0n) is 12.4. The minimum Gasteiger partial charge on any atom is -0.374 e. The van der Waals surface area contributed by atoms with Crippen LogP contribution in [0.4, 0.5) is 5.69 Å². The molecule has 2 N–H and O–H groups in total. The molecule has 2 rings (SSSR count). The lowest BCUT2D eigenvalue weighted by Gasteiger charge is -2.26. The minimum atomic E-state index is -0.357. The largest absolute Gasteiger partial charge is 0.374 e. The maximum Gasteiger partial charge on any atom is 0.267 e. The summed E-state index contributed by atoms with van der Waals surface area (Å²) < 4.78 is 0. The van der Waals surface area contributed by atoms with Crippen molar-refractivity contribution in [3.63, 3.8) is 0 Å². The third-order valence-corrected chi connectivity index (χ3v) is 3.68. The van der Waals surface area contributed by atoms with E-state index in [1.54, 1.807) is 6.20 Å². The van der Waals surface area contributed by atoms with Gasteiger partial charge in [0.25, 0.3) is 5.91 Å². The quantitative estimate of drug-likeness (QED) is 0.653. The van der Waals surface area contributed by atoms with Crippen molar-refractivity contribution in [2.45, 2.75) is 13.8 Å². The van der Waals surface area contributed by atoms with Gasteiger partial charge in [0.2, 0.25) is 0 Å². The van der Waals surface area contributed by atoms with Crippen LogP contribution in [-0.2, 0) is 4.79 Å². The van der Waals surface area contributed by atoms with Gasteiger partial charge in [0, 0.05) is 38.1 Å². The molecule has 110 valence electrons. The number of amides is 1. The first kappa shape index (κ1) is 15.1. The molecule has 21 heavy (non-hydrogen) atoms. The lowest BCUT2D eigenvalue weighted by molar-refractivity contribution is -0.112. The summed E-state index contributed by atoms with van der Waals surface area (Å²) in [7, 11) is 0. The van der Waals surface area contributed by atoms with Gasteiger partial charge >= 0.3 is 0 Å². The molecule has 0 saturated carbocycles. The molecule has 5 heteroatoms. The van der Waals surface area contributed by atoms with Crippen LogP contribution in [0.3, 0.4) is 0 Å². The molecule has 0 unspecified atom stereocenters. The summed E-state index contributed by atoms with van der Waals surface area (Å²) in [6.07, 6.45) is 1.65. The van der Waals surface area contributed by atoms with Crippen LogP contribution in [0.5, 0.6) is 0 Å². The lowest BCUT2D eigenvalue weighted by atomic mass is 10.1. The van der Waals surface area contributed by atoms with Crippen molar-refractivity contribution in [3.05, 3.63) is 41.1 Å². The standard InChI is InChI=1S/C16H20N4O/c1-12-4-3-5-15(13(12)2)19-16(21)14(10-17)11-20-8-6-18-7-9-20/h3-5,11,18H,6-9H2,1-2H3,(H,19,21)/b14-11-. The predicted molar refractivity (Wildman–Crippen MR) is 82.7 cm³/mol. The van der Waals surface area contributed by atoms with Crippen molar-refractivity contribution in [1.82, 2.24) is 10.2 Å². The van der Waals surface area contributed by atoms with E-state index in [9.17, 15) is 10.1 Å². The minimum absolute atomic E-state index is 0.137. The Balaban J connectivity index is 2.11. The fourth-order valence-corrected chi connectivity index (χ4v) is 2.21. The zero-order valence-corrected chi connectivity index (χ0v) is 12.4. The van der Waals surface area contributed by atoms with Crippen molar-refractivity contribution >= 4 is 11.6 Å². The van der Waals surface area contributed by atoms with Crippen LogP contribution >= 0.6 is 0 Å². The van der Waals surface area contributed by atoms with E-state index in [0.29, 0.717) is 0 Å². The summed E-state index contributed by atoms with van der Waals surface area (Å²) in [5.41, 5.74) is 3.02. The van der Waals surface area contributed by atoms with E-state index in [4.69, 9.17) is 0 Å². The number of nitriles is 1. The van der Waals surface area contributed by atoms with Crippen molar-refractivity contribution in [2.75, 3.05) is 31.5 Å². The van der Waals surface area contributed by atoms with Crippen molar-refractivity contribution in [2.24, 2.45) is 0 Å². The number of nitrogens with zero attached hydrogens (tertiary/aromatic N) is 2. The second-order valence-corrected chi connectivity index (χ2v) is 5.14. The molecule has 0 aliphatic carbocycles. The van der Waals surface area contributed by atoms with Crippen LogP contribution in [0.1, 0.15) is 11.1 Å². The number of carbonyl (C=O) groups excluding carboxylic acids is 1. The van der Waals surface area contributed by atoms with Gasteiger partial charge < -0.3 is 15.5 Å². The van der Waals surface area contributed by atoms with E-state index in [1.165, 1.54) is 0 Å². The van der Waals surface area contributed by atoms with E-state index in [-0.39, 0.29) is 11.5 Å². The monoisotopic (exact) mass is 284 g/mol. The van der Waals surface area contributed by atoms with Crippen molar-refractivity contribution in [1.29, 1.82) is 5.26 Å². The maximum absolute atomic E-state index is 12.2. The number of nitrogens with one attached hydrogen (secondary N) is 2. The van der Waals surface area contributed by atoms with Gasteiger partial charge in [-0.1, -0.05) is 12.1 Å². The van der Waals surface area contributed by atoms with Gasteiger partial charge in [-0.25, -0.2) is 0 Å². The van der Waals surface area contributed by atoms with Gasteiger partial charge in [0.1, 0.15) is 11.6 Å². The summed E-state index contributed by atoms with van der Waals surface area (Å²) in [4.78, 5) is 14.2. The summed E-state index contributed by atoms with van der Waals surface area (Å²) in [5, 5.41) is 15.3. The number of piperazine rings is 1. The normalized spacial score (nSPS) is 15.5. The third-order valence-electron chi connectivity index (χ3n) is 3.68. The number of anilines is 1. The zero-order chi connectivity index (χ0) is 15.2. The first-order chi connectivity index (χ1) is 10.1. The molecule has 0 radical (unpaired) electrons. The maximum atomic E-state index is 12.2. The SMILES string of the molecule is Cc1cccc(NC(=O)/C(C#N)=C\N2CCNCC2)c1C. The van der Waals surface area contributed by atoms with Crippen LogP contribution in [0.2, 0.25) is 0 Å². The number of hydrogen-bond donors (Lipinski definition) is 2. The molecular formula is C16H20N4O. The second-order valence-electron chi connectivity index (χ2n) is 5.14.